The number of fused-ring (bicyclic) bond motifs is 1. The second-order valence-corrected chi connectivity index (χ2v) is 8.20. The zero-order valence-electron chi connectivity index (χ0n) is 17.1. The predicted octanol–water partition coefficient (Wildman–Crippen LogP) is 2.53. The van der Waals surface area contributed by atoms with E-state index in [0.717, 1.165) is 43.5 Å². The largest absolute Gasteiger partial charge is 0.413 e. The molecule has 1 amide bonds. The maximum atomic E-state index is 13.8. The highest BCUT2D eigenvalue weighted by Gasteiger charge is 2.44. The molecule has 0 bridgehead atoms. The van der Waals surface area contributed by atoms with Gasteiger partial charge in [0.2, 0.25) is 5.65 Å². The van der Waals surface area contributed by atoms with E-state index in [1.165, 1.54) is 23.0 Å². The molecule has 0 unspecified atom stereocenters. The molecule has 1 aliphatic heterocycles. The Balaban J connectivity index is 1.42. The Bertz CT molecular complexity index is 1150. The van der Waals surface area contributed by atoms with Crippen molar-refractivity contribution in [1.29, 1.82) is 0 Å². The van der Waals surface area contributed by atoms with Crippen LogP contribution in [0.1, 0.15) is 43.0 Å². The Labute approximate surface area is 177 Å². The summed E-state index contributed by atoms with van der Waals surface area (Å²) < 4.78 is 20.8. The summed E-state index contributed by atoms with van der Waals surface area (Å²) >= 11 is 0. The van der Waals surface area contributed by atoms with Crippen LogP contribution in [0, 0.1) is 12.7 Å². The van der Waals surface area contributed by atoms with Crippen LogP contribution in [0.5, 0.6) is 5.75 Å². The number of aromatic nitrogens is 4. The van der Waals surface area contributed by atoms with Gasteiger partial charge in [-0.05, 0) is 50.3 Å². The molecule has 2 aliphatic rings. The Kier molecular flexibility index (Phi) is 4.73. The monoisotopic (exact) mass is 426 g/mol. The number of rotatable bonds is 5. The molecule has 10 heteroatoms. The number of ether oxygens (including phenoxy) is 1. The van der Waals surface area contributed by atoms with Gasteiger partial charge >= 0.3 is 6.09 Å². The van der Waals surface area contributed by atoms with E-state index in [0.29, 0.717) is 11.5 Å². The van der Waals surface area contributed by atoms with Crippen LogP contribution in [0.25, 0.3) is 5.65 Å². The van der Waals surface area contributed by atoms with Crippen LogP contribution in [0.4, 0.5) is 15.0 Å². The molecule has 1 saturated carbocycles. The average molecular weight is 426 g/mol. The van der Waals surface area contributed by atoms with Crippen molar-refractivity contribution in [2.75, 3.05) is 18.1 Å². The number of nitrogens with zero attached hydrogens (tertiary/aromatic N) is 5. The van der Waals surface area contributed by atoms with E-state index >= 15 is 0 Å². The van der Waals surface area contributed by atoms with Crippen LogP contribution >= 0.6 is 0 Å². The smallest absolute Gasteiger partial charge is 0.405 e. The number of aliphatic hydroxyl groups excluding tert-OH is 1. The first-order valence-corrected chi connectivity index (χ1v) is 10.3. The van der Waals surface area contributed by atoms with Crippen molar-refractivity contribution in [3.05, 3.63) is 47.8 Å². The van der Waals surface area contributed by atoms with E-state index < -0.39 is 11.6 Å². The molecule has 3 aromatic rings. The molecule has 9 nitrogen and oxygen atoms in total. The first-order valence-electron chi connectivity index (χ1n) is 10.3. The van der Waals surface area contributed by atoms with Crippen LogP contribution in [0.3, 0.4) is 0 Å². The van der Waals surface area contributed by atoms with Crippen LogP contribution in [0.15, 0.2) is 30.7 Å². The number of aliphatic hydroxyl groups is 1. The molecule has 4 heterocycles. The van der Waals surface area contributed by atoms with Gasteiger partial charge in [-0.3, -0.25) is 4.98 Å². The van der Waals surface area contributed by atoms with Crippen LogP contribution < -0.4 is 15.0 Å². The highest BCUT2D eigenvalue weighted by Crippen LogP contribution is 2.37. The van der Waals surface area contributed by atoms with Crippen molar-refractivity contribution in [1.82, 2.24) is 24.9 Å². The summed E-state index contributed by atoms with van der Waals surface area (Å²) in [6.07, 6.45) is 7.03. The lowest BCUT2D eigenvalue weighted by Gasteiger charge is -2.27. The second-order valence-electron chi connectivity index (χ2n) is 8.20. The topological polar surface area (TPSA) is 105 Å². The molecule has 1 aliphatic carbocycles. The SMILES string of the molecule is Cc1ncc(F)cc1[C@H]1CCCN1c1ccn2ncc(OC(=O)NC3(CO)CC3)c2n1. The molecule has 31 heavy (non-hydrogen) atoms. The van der Waals surface area contributed by atoms with Gasteiger partial charge in [-0.2, -0.15) is 5.10 Å². The summed E-state index contributed by atoms with van der Waals surface area (Å²) in [7, 11) is 0. The molecular formula is C21H23FN6O3. The van der Waals surface area contributed by atoms with E-state index in [9.17, 15) is 14.3 Å². The van der Waals surface area contributed by atoms with E-state index in [-0.39, 0.29) is 24.2 Å². The van der Waals surface area contributed by atoms with Crippen molar-refractivity contribution in [2.24, 2.45) is 0 Å². The molecule has 2 N–H and O–H groups in total. The predicted molar refractivity (Wildman–Crippen MR) is 109 cm³/mol. The third kappa shape index (κ3) is 3.67. The maximum Gasteiger partial charge on any atom is 0.413 e. The van der Waals surface area contributed by atoms with Crippen molar-refractivity contribution < 1.29 is 19.0 Å². The summed E-state index contributed by atoms with van der Waals surface area (Å²) in [6, 6.07) is 3.35. The highest BCUT2D eigenvalue weighted by atomic mass is 19.1. The fourth-order valence-corrected chi connectivity index (χ4v) is 4.11. The zero-order valence-corrected chi connectivity index (χ0v) is 17.1. The molecule has 0 radical (unpaired) electrons. The van der Waals surface area contributed by atoms with Crippen molar-refractivity contribution in [3.8, 4) is 5.75 Å². The van der Waals surface area contributed by atoms with Crippen molar-refractivity contribution in [3.63, 3.8) is 0 Å². The average Bonchev–Trinajstić information content (AvgIpc) is 3.18. The number of aryl methyl sites for hydroxylation is 1. The number of carbonyl (C=O) groups is 1. The van der Waals surface area contributed by atoms with Gasteiger partial charge in [0.15, 0.2) is 5.75 Å². The fraction of sp³-hybridized carbons (Fsp3) is 0.429. The minimum Gasteiger partial charge on any atom is -0.405 e. The number of pyridine rings is 1. The van der Waals surface area contributed by atoms with E-state index in [2.05, 4.69) is 25.3 Å². The summed E-state index contributed by atoms with van der Waals surface area (Å²) in [5.41, 5.74) is 1.48. The van der Waals surface area contributed by atoms with Gasteiger partial charge in [0, 0.05) is 18.4 Å². The van der Waals surface area contributed by atoms with Crippen molar-refractivity contribution >= 4 is 17.6 Å². The number of anilines is 1. The molecule has 0 aromatic carbocycles. The van der Waals surface area contributed by atoms with E-state index in [1.54, 1.807) is 6.20 Å². The van der Waals surface area contributed by atoms with Gasteiger partial charge < -0.3 is 20.1 Å². The number of hydrogen-bond acceptors (Lipinski definition) is 7. The molecule has 0 spiro atoms. The molecule has 2 fully saturated rings. The number of nitrogens with one attached hydrogen (secondary N) is 1. The summed E-state index contributed by atoms with van der Waals surface area (Å²) in [5.74, 6) is 0.565. The third-order valence-corrected chi connectivity index (χ3v) is 6.05. The van der Waals surface area contributed by atoms with E-state index in [1.807, 2.05) is 13.0 Å². The van der Waals surface area contributed by atoms with Gasteiger partial charge in [-0.1, -0.05) is 0 Å². The normalized spacial score (nSPS) is 19.6. The summed E-state index contributed by atoms with van der Waals surface area (Å²) in [4.78, 5) is 23.2. The lowest BCUT2D eigenvalue weighted by atomic mass is 10.0. The van der Waals surface area contributed by atoms with Crippen LogP contribution in [-0.4, -0.2) is 49.5 Å². The number of amides is 1. The Morgan fingerprint density at radius 1 is 1.42 bits per heavy atom. The number of carbonyl (C=O) groups excluding carboxylic acids is 1. The van der Waals surface area contributed by atoms with Gasteiger partial charge in [0.25, 0.3) is 0 Å². The van der Waals surface area contributed by atoms with Crippen LogP contribution in [0.2, 0.25) is 0 Å². The summed E-state index contributed by atoms with van der Waals surface area (Å²) in [5, 5.41) is 16.3. The van der Waals surface area contributed by atoms with Crippen LogP contribution in [-0.2, 0) is 0 Å². The fourth-order valence-electron chi connectivity index (χ4n) is 4.11. The van der Waals surface area contributed by atoms with Gasteiger partial charge in [0.1, 0.15) is 11.6 Å². The Morgan fingerprint density at radius 3 is 3.03 bits per heavy atom. The second kappa shape index (κ2) is 7.45. The zero-order chi connectivity index (χ0) is 21.6. The summed E-state index contributed by atoms with van der Waals surface area (Å²) in [6.45, 7) is 2.53. The minimum absolute atomic E-state index is 0.0342. The Hall–Kier alpha value is -3.27. The molecule has 1 atom stereocenters. The molecular weight excluding hydrogens is 403 g/mol. The Morgan fingerprint density at radius 2 is 2.26 bits per heavy atom. The van der Waals surface area contributed by atoms with Crippen molar-refractivity contribution in [2.45, 2.75) is 44.2 Å². The minimum atomic E-state index is -0.644. The molecule has 5 rings (SSSR count). The maximum absolute atomic E-state index is 13.8. The first-order chi connectivity index (χ1) is 15.0. The van der Waals surface area contributed by atoms with Gasteiger partial charge in [-0.25, -0.2) is 18.7 Å². The third-order valence-electron chi connectivity index (χ3n) is 6.05. The highest BCUT2D eigenvalue weighted by molar-refractivity contribution is 5.74. The quantitative estimate of drug-likeness (QED) is 0.646. The lowest BCUT2D eigenvalue weighted by molar-refractivity contribution is 0.178. The van der Waals surface area contributed by atoms with Gasteiger partial charge in [-0.15, -0.1) is 0 Å². The standard InChI is InChI=1S/C21H23FN6O3/c1-13-15(9-14(22)10-23-13)16-3-2-7-27(16)18-4-8-28-19(25-18)17(11-24-28)31-20(30)26-21(12-29)5-6-21/h4,8-11,16,29H,2-3,5-7,12H2,1H3,(H,26,30)/t16-/m1/s1. The number of hydrogen-bond donors (Lipinski definition) is 2. The van der Waals surface area contributed by atoms with E-state index in [4.69, 9.17) is 4.74 Å². The first kappa shape index (κ1) is 19.7. The molecule has 3 aromatic heterocycles. The molecule has 1 saturated heterocycles. The number of halogens is 1. The molecule has 162 valence electrons. The van der Waals surface area contributed by atoms with Gasteiger partial charge in [0.05, 0.1) is 30.6 Å². The lowest BCUT2D eigenvalue weighted by Crippen LogP contribution is -2.41.